The standard InChI is InChI=1S/C28H32ClFN2O5S/c1-18-8-9-19(12-26(18)30)15-28(2,3)31-16-22(33)17-32(4)38(36,37)23-7-5-6-20(13-23)21-10-11-24(27(34)35)25(29)14-21/h5-14,22,31,33H,15-17H2,1-4H3,(H,34,35)/t22-/m0/s1. The number of benzene rings is 3. The van der Waals surface area contributed by atoms with E-state index in [1.807, 2.05) is 19.9 Å². The Labute approximate surface area is 227 Å². The van der Waals surface area contributed by atoms with Crippen molar-refractivity contribution in [1.82, 2.24) is 9.62 Å². The molecule has 0 aliphatic rings. The number of β-amino-alcohol motifs (C(OH)–C–C–N with tert-alkyl or cyclic N) is 1. The molecule has 3 N–H and O–H groups in total. The number of carboxylic acids is 1. The SMILES string of the molecule is Cc1ccc(CC(C)(C)NC[C@H](O)CN(C)S(=O)(=O)c2cccc(-c3ccc(C(=O)O)c(Cl)c3)c2)cc1F. The van der Waals surface area contributed by atoms with E-state index < -0.39 is 27.6 Å². The van der Waals surface area contributed by atoms with Crippen LogP contribution in [-0.4, -0.2) is 60.7 Å². The number of hydrogen-bond donors (Lipinski definition) is 3. The van der Waals surface area contributed by atoms with Crippen LogP contribution in [0.3, 0.4) is 0 Å². The summed E-state index contributed by atoms with van der Waals surface area (Å²) in [5.74, 6) is -1.42. The molecule has 3 rings (SSSR count). The van der Waals surface area contributed by atoms with Gasteiger partial charge in [-0.2, -0.15) is 4.31 Å². The third-order valence-electron chi connectivity index (χ3n) is 6.24. The van der Waals surface area contributed by atoms with Gasteiger partial charge in [0, 0.05) is 25.7 Å². The number of aliphatic hydroxyl groups is 1. The maximum Gasteiger partial charge on any atom is 0.337 e. The molecule has 0 unspecified atom stereocenters. The van der Waals surface area contributed by atoms with E-state index in [4.69, 9.17) is 11.6 Å². The lowest BCUT2D eigenvalue weighted by Gasteiger charge is -2.29. The molecule has 3 aromatic carbocycles. The van der Waals surface area contributed by atoms with Gasteiger partial charge in [0.15, 0.2) is 0 Å². The molecule has 0 amide bonds. The van der Waals surface area contributed by atoms with Gasteiger partial charge in [0.25, 0.3) is 0 Å². The van der Waals surface area contributed by atoms with Crippen molar-refractivity contribution >= 4 is 27.6 Å². The van der Waals surface area contributed by atoms with Crippen molar-refractivity contribution in [2.75, 3.05) is 20.1 Å². The van der Waals surface area contributed by atoms with E-state index >= 15 is 0 Å². The molecule has 0 aliphatic heterocycles. The van der Waals surface area contributed by atoms with Crippen molar-refractivity contribution in [1.29, 1.82) is 0 Å². The minimum Gasteiger partial charge on any atom is -0.478 e. The zero-order valence-corrected chi connectivity index (χ0v) is 23.3. The highest BCUT2D eigenvalue weighted by Gasteiger charge is 2.25. The molecule has 10 heteroatoms. The minimum absolute atomic E-state index is 0.0258. The Balaban J connectivity index is 1.66. The number of halogens is 2. The molecule has 0 spiro atoms. The van der Waals surface area contributed by atoms with Gasteiger partial charge >= 0.3 is 5.97 Å². The van der Waals surface area contributed by atoms with Gasteiger partial charge in [-0.25, -0.2) is 17.6 Å². The molecule has 0 aliphatic carbocycles. The van der Waals surface area contributed by atoms with Gasteiger partial charge in [0.1, 0.15) is 5.82 Å². The van der Waals surface area contributed by atoms with Crippen molar-refractivity contribution in [2.45, 2.75) is 43.7 Å². The highest BCUT2D eigenvalue weighted by molar-refractivity contribution is 7.89. The maximum absolute atomic E-state index is 13.9. The smallest absolute Gasteiger partial charge is 0.337 e. The van der Waals surface area contributed by atoms with Crippen LogP contribution in [0.4, 0.5) is 4.39 Å². The summed E-state index contributed by atoms with van der Waals surface area (Å²) >= 11 is 6.07. The van der Waals surface area contributed by atoms with E-state index in [1.165, 1.54) is 37.4 Å². The normalized spacial score (nSPS) is 13.1. The molecule has 0 saturated heterocycles. The molecule has 0 radical (unpaired) electrons. The summed E-state index contributed by atoms with van der Waals surface area (Å²) in [5.41, 5.74) is 2.00. The first-order chi connectivity index (χ1) is 17.7. The number of nitrogens with zero attached hydrogens (tertiary/aromatic N) is 1. The third-order valence-corrected chi connectivity index (χ3v) is 8.37. The molecular formula is C28H32ClFN2O5S. The second-order valence-corrected chi connectivity index (χ2v) is 12.4. The summed E-state index contributed by atoms with van der Waals surface area (Å²) in [6, 6.07) is 15.7. The van der Waals surface area contributed by atoms with Crippen molar-refractivity contribution in [3.8, 4) is 11.1 Å². The minimum atomic E-state index is -3.93. The van der Waals surface area contributed by atoms with Crippen molar-refractivity contribution in [2.24, 2.45) is 0 Å². The number of rotatable bonds is 11. The number of carbonyl (C=O) groups is 1. The van der Waals surface area contributed by atoms with Crippen LogP contribution >= 0.6 is 11.6 Å². The van der Waals surface area contributed by atoms with Gasteiger partial charge in [-0.05, 0) is 79.8 Å². The van der Waals surface area contributed by atoms with Crippen LogP contribution < -0.4 is 5.32 Å². The van der Waals surface area contributed by atoms with Crippen molar-refractivity contribution in [3.63, 3.8) is 0 Å². The van der Waals surface area contributed by atoms with Crippen LogP contribution in [-0.2, 0) is 16.4 Å². The number of aromatic carboxylic acids is 1. The summed E-state index contributed by atoms with van der Waals surface area (Å²) in [6.45, 7) is 5.55. The molecule has 0 bridgehead atoms. The highest BCUT2D eigenvalue weighted by Crippen LogP contribution is 2.28. The molecule has 1 atom stereocenters. The maximum atomic E-state index is 13.9. The first-order valence-corrected chi connectivity index (χ1v) is 13.8. The van der Waals surface area contributed by atoms with Gasteiger partial charge < -0.3 is 15.5 Å². The molecule has 0 aromatic heterocycles. The lowest BCUT2D eigenvalue weighted by molar-refractivity contribution is 0.0697. The largest absolute Gasteiger partial charge is 0.478 e. The zero-order valence-electron chi connectivity index (χ0n) is 21.7. The third kappa shape index (κ3) is 7.39. The molecule has 38 heavy (non-hydrogen) atoms. The van der Waals surface area contributed by atoms with Crippen LogP contribution in [0.15, 0.2) is 65.6 Å². The van der Waals surface area contributed by atoms with Crippen molar-refractivity contribution in [3.05, 3.63) is 88.2 Å². The average molecular weight is 563 g/mol. The van der Waals surface area contributed by atoms with E-state index in [1.54, 1.807) is 31.2 Å². The van der Waals surface area contributed by atoms with Gasteiger partial charge in [-0.3, -0.25) is 0 Å². The monoisotopic (exact) mass is 562 g/mol. The summed E-state index contributed by atoms with van der Waals surface area (Å²) in [4.78, 5) is 11.2. The number of hydrogen-bond acceptors (Lipinski definition) is 5. The number of likely N-dealkylation sites (N-methyl/N-ethyl adjacent to an activating group) is 1. The number of nitrogens with one attached hydrogen (secondary N) is 1. The fourth-order valence-corrected chi connectivity index (χ4v) is 5.57. The lowest BCUT2D eigenvalue weighted by Crippen LogP contribution is -2.47. The molecule has 3 aromatic rings. The van der Waals surface area contributed by atoms with Crippen LogP contribution in [0.25, 0.3) is 11.1 Å². The quantitative estimate of drug-likeness (QED) is 0.311. The topological polar surface area (TPSA) is 107 Å². The fourth-order valence-electron chi connectivity index (χ4n) is 4.06. The van der Waals surface area contributed by atoms with Crippen LogP contribution in [0, 0.1) is 12.7 Å². The van der Waals surface area contributed by atoms with E-state index in [2.05, 4.69) is 5.32 Å². The van der Waals surface area contributed by atoms with Gasteiger partial charge in [-0.1, -0.05) is 41.9 Å². The average Bonchev–Trinajstić information content (AvgIpc) is 2.84. The summed E-state index contributed by atoms with van der Waals surface area (Å²) in [5, 5.41) is 23.0. The second-order valence-electron chi connectivity index (χ2n) is 9.99. The first-order valence-electron chi connectivity index (χ1n) is 12.0. The fraction of sp³-hybridized carbons (Fsp3) is 0.321. The number of sulfonamides is 1. The zero-order chi connectivity index (χ0) is 28.3. The molecule has 0 fully saturated rings. The van der Waals surface area contributed by atoms with Crippen LogP contribution in [0.1, 0.15) is 35.3 Å². The predicted octanol–water partition coefficient (Wildman–Crippen LogP) is 4.75. The Morgan fingerprint density at radius 1 is 1.11 bits per heavy atom. The molecule has 0 heterocycles. The molecular weight excluding hydrogens is 531 g/mol. The van der Waals surface area contributed by atoms with E-state index in [0.717, 1.165) is 9.87 Å². The Kier molecular flexibility index (Phi) is 9.33. The molecule has 7 nitrogen and oxygen atoms in total. The van der Waals surface area contributed by atoms with Crippen molar-refractivity contribution < 1.29 is 27.8 Å². The summed E-state index contributed by atoms with van der Waals surface area (Å²) in [6.07, 6.45) is -0.468. The van der Waals surface area contributed by atoms with Crippen LogP contribution in [0.5, 0.6) is 0 Å². The number of aryl methyl sites for hydroxylation is 1. The number of aliphatic hydroxyl groups excluding tert-OH is 1. The number of carboxylic acid groups (broad SMARTS) is 1. The summed E-state index contributed by atoms with van der Waals surface area (Å²) < 4.78 is 41.4. The van der Waals surface area contributed by atoms with Gasteiger partial charge in [0.05, 0.1) is 21.6 Å². The molecule has 204 valence electrons. The Bertz CT molecular complexity index is 1430. The van der Waals surface area contributed by atoms with Crippen LogP contribution in [0.2, 0.25) is 5.02 Å². The Hall–Kier alpha value is -2.82. The van der Waals surface area contributed by atoms with E-state index in [9.17, 15) is 27.8 Å². The second kappa shape index (κ2) is 11.9. The Morgan fingerprint density at radius 2 is 1.79 bits per heavy atom. The predicted molar refractivity (Wildman–Crippen MR) is 147 cm³/mol. The van der Waals surface area contributed by atoms with Gasteiger partial charge in [-0.15, -0.1) is 0 Å². The highest BCUT2D eigenvalue weighted by atomic mass is 35.5. The Morgan fingerprint density at radius 3 is 2.42 bits per heavy atom. The first kappa shape index (κ1) is 29.7. The molecule has 0 saturated carbocycles. The van der Waals surface area contributed by atoms with Gasteiger partial charge in [0.2, 0.25) is 10.0 Å². The van der Waals surface area contributed by atoms with E-state index in [-0.39, 0.29) is 34.4 Å². The summed E-state index contributed by atoms with van der Waals surface area (Å²) in [7, 11) is -2.54. The lowest BCUT2D eigenvalue weighted by atomic mass is 9.94. The van der Waals surface area contributed by atoms with E-state index in [0.29, 0.717) is 23.1 Å².